The van der Waals surface area contributed by atoms with E-state index in [0.717, 1.165) is 41.0 Å². The largest absolute Gasteiger partial charge is 0.292 e. The van der Waals surface area contributed by atoms with Crippen LogP contribution in [0.15, 0.2) is 133 Å². The summed E-state index contributed by atoms with van der Waals surface area (Å²) < 4.78 is 2.27. The Labute approximate surface area is 227 Å². The van der Waals surface area contributed by atoms with Crippen molar-refractivity contribution in [2.24, 2.45) is 0 Å². The van der Waals surface area contributed by atoms with E-state index < -0.39 is 0 Å². The van der Waals surface area contributed by atoms with Gasteiger partial charge < -0.3 is 0 Å². The summed E-state index contributed by atoms with van der Waals surface area (Å²) in [5.74, 6) is 0.959. The Morgan fingerprint density at radius 3 is 2.15 bits per heavy atom. The molecule has 0 spiro atoms. The molecular weight excluding hydrogens is 472 g/mol. The van der Waals surface area contributed by atoms with Crippen LogP contribution in [0.1, 0.15) is 11.1 Å². The van der Waals surface area contributed by atoms with Gasteiger partial charge in [0.25, 0.3) is 0 Å². The zero-order valence-electron chi connectivity index (χ0n) is 21.5. The van der Waals surface area contributed by atoms with Crippen LogP contribution in [0, 0.1) is 0 Å². The number of aromatic nitrogens is 2. The molecule has 0 atom stereocenters. The van der Waals surface area contributed by atoms with E-state index in [1.54, 1.807) is 0 Å². The minimum absolute atomic E-state index is 0.959. The van der Waals surface area contributed by atoms with Gasteiger partial charge in [-0.05, 0) is 93.4 Å². The van der Waals surface area contributed by atoms with Crippen molar-refractivity contribution in [1.29, 1.82) is 0 Å². The van der Waals surface area contributed by atoms with Crippen LogP contribution in [0.2, 0.25) is 0 Å². The molecule has 1 aliphatic carbocycles. The molecule has 1 heterocycles. The predicted octanol–water partition coefficient (Wildman–Crippen LogP) is 9.28. The third kappa shape index (κ3) is 3.53. The van der Waals surface area contributed by atoms with Gasteiger partial charge in [-0.25, -0.2) is 4.98 Å². The summed E-state index contributed by atoms with van der Waals surface area (Å²) >= 11 is 0. The van der Waals surface area contributed by atoms with Gasteiger partial charge in [0.15, 0.2) is 0 Å². The minimum Gasteiger partial charge on any atom is -0.292 e. The molecule has 0 aliphatic heterocycles. The molecule has 0 saturated heterocycles. The standard InChI is InChI=1S/C37H26N2/c1-2-14-29(15-3-1)39-35-20-9-8-19-34(35)38-37(39)28-13-10-12-26(23-28)33-24-27-22-21-25-11-4-5-16-30(25)36(27)32-18-7-6-17-31(32)33/h1-20,23-24H,21-22H2. The zero-order chi connectivity index (χ0) is 25.8. The quantitative estimate of drug-likeness (QED) is 0.237. The maximum atomic E-state index is 5.11. The fraction of sp³-hybridized carbons (Fsp3) is 0.0541. The highest BCUT2D eigenvalue weighted by molar-refractivity contribution is 6.07. The number of nitrogens with zero attached hydrogens (tertiary/aromatic N) is 2. The van der Waals surface area contributed by atoms with Crippen LogP contribution in [-0.2, 0) is 12.8 Å². The average molecular weight is 499 g/mol. The summed E-state index contributed by atoms with van der Waals surface area (Å²) in [5.41, 5.74) is 12.5. The second-order valence-electron chi connectivity index (χ2n) is 10.3. The van der Waals surface area contributed by atoms with Crippen LogP contribution < -0.4 is 0 Å². The Kier molecular flexibility index (Phi) is 4.99. The van der Waals surface area contributed by atoms with Gasteiger partial charge in [-0.15, -0.1) is 0 Å². The molecule has 7 aromatic rings. The van der Waals surface area contributed by atoms with E-state index in [4.69, 9.17) is 4.98 Å². The van der Waals surface area contributed by atoms with Crippen molar-refractivity contribution in [1.82, 2.24) is 9.55 Å². The molecule has 1 aliphatic rings. The van der Waals surface area contributed by atoms with Crippen LogP contribution in [0.25, 0.3) is 61.1 Å². The second-order valence-corrected chi connectivity index (χ2v) is 10.3. The molecule has 0 saturated carbocycles. The number of imidazole rings is 1. The van der Waals surface area contributed by atoms with Gasteiger partial charge in [-0.3, -0.25) is 4.57 Å². The number of hydrogen-bond donors (Lipinski definition) is 0. The van der Waals surface area contributed by atoms with E-state index in [1.165, 1.54) is 44.2 Å². The third-order valence-corrected chi connectivity index (χ3v) is 8.08. The second kappa shape index (κ2) is 8.82. The van der Waals surface area contributed by atoms with E-state index in [-0.39, 0.29) is 0 Å². The van der Waals surface area contributed by atoms with Crippen molar-refractivity contribution in [2.45, 2.75) is 12.8 Å². The predicted molar refractivity (Wildman–Crippen MR) is 162 cm³/mol. The highest BCUT2D eigenvalue weighted by Crippen LogP contribution is 2.43. The van der Waals surface area contributed by atoms with Crippen molar-refractivity contribution in [3.63, 3.8) is 0 Å². The molecule has 39 heavy (non-hydrogen) atoms. The number of hydrogen-bond acceptors (Lipinski definition) is 1. The molecule has 0 amide bonds. The molecule has 0 radical (unpaired) electrons. The lowest BCUT2D eigenvalue weighted by atomic mass is 9.80. The van der Waals surface area contributed by atoms with Gasteiger partial charge in [-0.2, -0.15) is 0 Å². The molecule has 184 valence electrons. The van der Waals surface area contributed by atoms with Gasteiger partial charge in [0.1, 0.15) is 5.82 Å². The molecule has 0 unspecified atom stereocenters. The number of para-hydroxylation sites is 3. The molecule has 8 rings (SSSR count). The number of rotatable bonds is 3. The first-order valence-corrected chi connectivity index (χ1v) is 13.6. The summed E-state index contributed by atoms with van der Waals surface area (Å²) in [6.45, 7) is 0. The number of aryl methyl sites for hydroxylation is 2. The summed E-state index contributed by atoms with van der Waals surface area (Å²) in [6, 6.07) is 48.0. The van der Waals surface area contributed by atoms with Crippen LogP contribution in [-0.4, -0.2) is 9.55 Å². The molecular formula is C37H26N2. The fourth-order valence-electron chi connectivity index (χ4n) is 6.32. The first-order chi connectivity index (χ1) is 19.3. The lowest BCUT2D eigenvalue weighted by molar-refractivity contribution is 0.945. The average Bonchev–Trinajstić information content (AvgIpc) is 3.41. The van der Waals surface area contributed by atoms with E-state index in [2.05, 4.69) is 138 Å². The van der Waals surface area contributed by atoms with Gasteiger partial charge in [-0.1, -0.05) is 97.1 Å². The lowest BCUT2D eigenvalue weighted by Gasteiger charge is -2.23. The van der Waals surface area contributed by atoms with Gasteiger partial charge in [0, 0.05) is 11.3 Å². The highest BCUT2D eigenvalue weighted by atomic mass is 15.1. The van der Waals surface area contributed by atoms with E-state index >= 15 is 0 Å². The van der Waals surface area contributed by atoms with E-state index in [9.17, 15) is 0 Å². The Balaban J connectivity index is 1.35. The van der Waals surface area contributed by atoms with Gasteiger partial charge >= 0.3 is 0 Å². The maximum Gasteiger partial charge on any atom is 0.145 e. The van der Waals surface area contributed by atoms with Crippen LogP contribution in [0.3, 0.4) is 0 Å². The molecule has 6 aromatic carbocycles. The van der Waals surface area contributed by atoms with E-state index in [1.807, 2.05) is 0 Å². The zero-order valence-corrected chi connectivity index (χ0v) is 21.5. The van der Waals surface area contributed by atoms with Crippen molar-refractivity contribution in [3.8, 4) is 39.3 Å². The molecule has 2 heteroatoms. The summed E-state index contributed by atoms with van der Waals surface area (Å²) in [6.07, 6.45) is 2.15. The summed E-state index contributed by atoms with van der Waals surface area (Å²) in [5, 5.41) is 2.63. The fourth-order valence-corrected chi connectivity index (χ4v) is 6.32. The molecule has 2 nitrogen and oxygen atoms in total. The van der Waals surface area contributed by atoms with Crippen molar-refractivity contribution >= 4 is 21.8 Å². The van der Waals surface area contributed by atoms with Crippen molar-refractivity contribution in [2.75, 3.05) is 0 Å². The van der Waals surface area contributed by atoms with Crippen LogP contribution >= 0.6 is 0 Å². The topological polar surface area (TPSA) is 17.8 Å². The van der Waals surface area contributed by atoms with Crippen LogP contribution in [0.5, 0.6) is 0 Å². The Bertz CT molecular complexity index is 2010. The highest BCUT2D eigenvalue weighted by Gasteiger charge is 2.21. The number of benzene rings is 6. The molecule has 0 N–H and O–H groups in total. The van der Waals surface area contributed by atoms with Gasteiger partial charge in [0.05, 0.1) is 11.0 Å². The Morgan fingerprint density at radius 1 is 0.513 bits per heavy atom. The van der Waals surface area contributed by atoms with Gasteiger partial charge in [0.2, 0.25) is 0 Å². The third-order valence-electron chi connectivity index (χ3n) is 8.08. The molecule has 0 fully saturated rings. The maximum absolute atomic E-state index is 5.11. The summed E-state index contributed by atoms with van der Waals surface area (Å²) in [4.78, 5) is 5.11. The van der Waals surface area contributed by atoms with Crippen molar-refractivity contribution < 1.29 is 0 Å². The molecule has 0 bridgehead atoms. The van der Waals surface area contributed by atoms with Crippen LogP contribution in [0.4, 0.5) is 0 Å². The van der Waals surface area contributed by atoms with Crippen molar-refractivity contribution in [3.05, 3.63) is 145 Å². The monoisotopic (exact) mass is 498 g/mol. The Hall–Kier alpha value is -4.95. The first kappa shape index (κ1) is 22.1. The SMILES string of the molecule is c1ccc(-n2c(-c3cccc(-c4cc5c(c6ccccc46)-c4ccccc4CC5)c3)nc3ccccc32)cc1. The number of fused-ring (bicyclic) bond motifs is 6. The molecule has 1 aromatic heterocycles. The normalized spacial score (nSPS) is 12.4. The summed E-state index contributed by atoms with van der Waals surface area (Å²) in [7, 11) is 0. The first-order valence-electron chi connectivity index (χ1n) is 13.6. The lowest BCUT2D eigenvalue weighted by Crippen LogP contribution is -2.05. The minimum atomic E-state index is 0.959. The van der Waals surface area contributed by atoms with E-state index in [0.29, 0.717) is 0 Å². The Morgan fingerprint density at radius 2 is 1.23 bits per heavy atom. The smallest absolute Gasteiger partial charge is 0.145 e.